The minimum Gasteiger partial charge on any atom is -0.354 e. The Hall–Kier alpha value is -2.16. The Morgan fingerprint density at radius 1 is 1.12 bits per heavy atom. The second-order valence-electron chi connectivity index (χ2n) is 3.33. The number of hydrogen-bond acceptors (Lipinski definition) is 2. The van der Waals surface area contributed by atoms with Crippen molar-refractivity contribution in [3.63, 3.8) is 0 Å². The molecule has 0 radical (unpaired) electrons. The van der Waals surface area contributed by atoms with Crippen LogP contribution >= 0.6 is 0 Å². The van der Waals surface area contributed by atoms with Gasteiger partial charge in [-0.05, 0) is 19.1 Å². The molecule has 0 amide bonds. The van der Waals surface area contributed by atoms with Crippen molar-refractivity contribution >= 4 is 24.6 Å². The van der Waals surface area contributed by atoms with Gasteiger partial charge in [0, 0.05) is 48.2 Å². The monoisotopic (exact) mass is 227 g/mol. The highest BCUT2D eigenvalue weighted by Gasteiger charge is 2.10. The summed E-state index contributed by atoms with van der Waals surface area (Å²) < 4.78 is 0. The SMILES string of the molecule is C=CN=Cc1c(C=C)[nH]c(/C=C\C)c1C=NC. The standard InChI is InChI=1S/C14H17N3/c1-5-8-14-11(9-15-4)12(10-16-7-3)13(6-2)17-14/h5-10,17H,2-3H2,1,4H3/b8-5-,15-9?,16-10?. The molecule has 3 heteroatoms. The number of rotatable bonds is 5. The highest BCUT2D eigenvalue weighted by atomic mass is 14.8. The maximum absolute atomic E-state index is 4.06. The molecule has 0 aliphatic carbocycles. The Morgan fingerprint density at radius 2 is 1.82 bits per heavy atom. The summed E-state index contributed by atoms with van der Waals surface area (Å²) in [5.41, 5.74) is 3.90. The summed E-state index contributed by atoms with van der Waals surface area (Å²) in [5, 5.41) is 0. The zero-order valence-corrected chi connectivity index (χ0v) is 10.3. The van der Waals surface area contributed by atoms with E-state index >= 15 is 0 Å². The topological polar surface area (TPSA) is 40.5 Å². The molecule has 0 bridgehead atoms. The summed E-state index contributed by atoms with van der Waals surface area (Å²) in [4.78, 5) is 11.4. The van der Waals surface area contributed by atoms with Gasteiger partial charge in [0.15, 0.2) is 0 Å². The fraction of sp³-hybridized carbons (Fsp3) is 0.143. The molecule has 1 N–H and O–H groups in total. The summed E-state index contributed by atoms with van der Waals surface area (Å²) in [6.45, 7) is 9.33. The van der Waals surface area contributed by atoms with E-state index in [0.717, 1.165) is 22.5 Å². The first-order valence-electron chi connectivity index (χ1n) is 5.35. The maximum atomic E-state index is 4.06. The number of H-pyrrole nitrogens is 1. The van der Waals surface area contributed by atoms with Gasteiger partial charge in [-0.1, -0.05) is 19.2 Å². The Morgan fingerprint density at radius 3 is 2.35 bits per heavy atom. The molecule has 0 saturated heterocycles. The van der Waals surface area contributed by atoms with Crippen LogP contribution in [0.2, 0.25) is 0 Å². The van der Waals surface area contributed by atoms with Crippen molar-refractivity contribution in [1.29, 1.82) is 0 Å². The van der Waals surface area contributed by atoms with Gasteiger partial charge in [0.25, 0.3) is 0 Å². The summed E-state index contributed by atoms with van der Waals surface area (Å²) in [7, 11) is 1.74. The van der Waals surface area contributed by atoms with Crippen LogP contribution in [0.5, 0.6) is 0 Å². The molecule has 0 aromatic carbocycles. The average Bonchev–Trinajstić information content (AvgIpc) is 2.66. The van der Waals surface area contributed by atoms with E-state index in [2.05, 4.69) is 28.1 Å². The second-order valence-corrected chi connectivity index (χ2v) is 3.33. The predicted molar refractivity (Wildman–Crippen MR) is 76.9 cm³/mol. The maximum Gasteiger partial charge on any atom is 0.0477 e. The van der Waals surface area contributed by atoms with Gasteiger partial charge in [-0.15, -0.1) is 0 Å². The Balaban J connectivity index is 3.45. The first kappa shape index (κ1) is 12.9. The number of aromatic amines is 1. The molecule has 3 nitrogen and oxygen atoms in total. The van der Waals surface area contributed by atoms with Gasteiger partial charge in [-0.3, -0.25) is 9.98 Å². The molecule has 1 aromatic heterocycles. The zero-order chi connectivity index (χ0) is 12.7. The van der Waals surface area contributed by atoms with E-state index in [9.17, 15) is 0 Å². The van der Waals surface area contributed by atoms with Gasteiger partial charge in [0.2, 0.25) is 0 Å². The quantitative estimate of drug-likeness (QED) is 0.750. The third-order valence-corrected chi connectivity index (χ3v) is 2.24. The van der Waals surface area contributed by atoms with Crippen LogP contribution in [-0.2, 0) is 0 Å². The van der Waals surface area contributed by atoms with E-state index in [-0.39, 0.29) is 0 Å². The normalized spacial score (nSPS) is 11.9. The summed E-state index contributed by atoms with van der Waals surface area (Å²) in [6, 6.07) is 0. The molecule has 88 valence electrons. The van der Waals surface area contributed by atoms with Gasteiger partial charge in [0.1, 0.15) is 0 Å². The van der Waals surface area contributed by atoms with Gasteiger partial charge in [-0.2, -0.15) is 0 Å². The molecule has 17 heavy (non-hydrogen) atoms. The van der Waals surface area contributed by atoms with Crippen molar-refractivity contribution in [2.75, 3.05) is 7.05 Å². The lowest BCUT2D eigenvalue weighted by Gasteiger charge is -1.94. The fourth-order valence-corrected chi connectivity index (χ4v) is 1.56. The van der Waals surface area contributed by atoms with Crippen LogP contribution in [0.15, 0.2) is 35.4 Å². The lowest BCUT2D eigenvalue weighted by Crippen LogP contribution is -1.90. The van der Waals surface area contributed by atoms with Crippen molar-refractivity contribution in [2.24, 2.45) is 9.98 Å². The third kappa shape index (κ3) is 2.91. The number of nitrogens with zero attached hydrogens (tertiary/aromatic N) is 2. The molecule has 0 unspecified atom stereocenters. The first-order valence-corrected chi connectivity index (χ1v) is 5.35. The van der Waals surface area contributed by atoms with Crippen LogP contribution in [0.25, 0.3) is 12.2 Å². The van der Waals surface area contributed by atoms with E-state index in [1.54, 1.807) is 19.3 Å². The van der Waals surface area contributed by atoms with Crippen LogP contribution in [0.3, 0.4) is 0 Å². The molecule has 1 rings (SSSR count). The molecule has 1 heterocycles. The van der Waals surface area contributed by atoms with Crippen LogP contribution in [0, 0.1) is 0 Å². The van der Waals surface area contributed by atoms with E-state index in [4.69, 9.17) is 0 Å². The molecule has 0 aliphatic heterocycles. The predicted octanol–water partition coefficient (Wildman–Crippen LogP) is 3.30. The molecule has 1 aromatic rings. The third-order valence-electron chi connectivity index (χ3n) is 2.24. The van der Waals surface area contributed by atoms with E-state index in [0.29, 0.717) is 0 Å². The number of nitrogens with one attached hydrogen (secondary N) is 1. The van der Waals surface area contributed by atoms with Crippen molar-refractivity contribution in [2.45, 2.75) is 6.92 Å². The molecular formula is C14H17N3. The van der Waals surface area contributed by atoms with Gasteiger partial charge >= 0.3 is 0 Å². The van der Waals surface area contributed by atoms with Crippen molar-refractivity contribution in [3.8, 4) is 0 Å². The molecular weight excluding hydrogens is 210 g/mol. The Kier molecular flexibility index (Phi) is 4.88. The van der Waals surface area contributed by atoms with Gasteiger partial charge in [-0.25, -0.2) is 0 Å². The van der Waals surface area contributed by atoms with Crippen molar-refractivity contribution < 1.29 is 0 Å². The number of aromatic nitrogens is 1. The average molecular weight is 227 g/mol. The van der Waals surface area contributed by atoms with Gasteiger partial charge in [0.05, 0.1) is 0 Å². The zero-order valence-electron chi connectivity index (χ0n) is 10.3. The molecule has 0 fully saturated rings. The lowest BCUT2D eigenvalue weighted by atomic mass is 10.1. The molecule has 0 aliphatic rings. The lowest BCUT2D eigenvalue weighted by molar-refractivity contribution is 1.34. The van der Waals surface area contributed by atoms with Crippen LogP contribution in [0.4, 0.5) is 0 Å². The van der Waals surface area contributed by atoms with Gasteiger partial charge < -0.3 is 4.98 Å². The van der Waals surface area contributed by atoms with Crippen molar-refractivity contribution in [1.82, 2.24) is 4.98 Å². The summed E-state index contributed by atoms with van der Waals surface area (Å²) in [5.74, 6) is 0. The minimum atomic E-state index is 0.929. The Labute approximate surface area is 102 Å². The second kappa shape index (κ2) is 6.43. The smallest absolute Gasteiger partial charge is 0.0477 e. The first-order chi connectivity index (χ1) is 8.28. The number of allylic oxidation sites excluding steroid dienone is 1. The van der Waals surface area contributed by atoms with E-state index < -0.39 is 0 Å². The minimum absolute atomic E-state index is 0.929. The number of hydrogen-bond donors (Lipinski definition) is 1. The van der Waals surface area contributed by atoms with E-state index in [1.807, 2.05) is 25.3 Å². The van der Waals surface area contributed by atoms with E-state index in [1.165, 1.54) is 6.20 Å². The highest BCUT2D eigenvalue weighted by Crippen LogP contribution is 2.18. The van der Waals surface area contributed by atoms with Crippen molar-refractivity contribution in [3.05, 3.63) is 47.9 Å². The van der Waals surface area contributed by atoms with Crippen LogP contribution < -0.4 is 0 Å². The Bertz CT molecular complexity index is 488. The fourth-order valence-electron chi connectivity index (χ4n) is 1.56. The summed E-state index contributed by atoms with van der Waals surface area (Å²) >= 11 is 0. The largest absolute Gasteiger partial charge is 0.354 e. The highest BCUT2D eigenvalue weighted by molar-refractivity contribution is 6.00. The number of aliphatic imine (C=N–C) groups is 2. The summed E-state index contributed by atoms with van der Waals surface area (Å²) in [6.07, 6.45) is 10.8. The molecule has 0 spiro atoms. The van der Waals surface area contributed by atoms with Crippen LogP contribution in [-0.4, -0.2) is 24.5 Å². The molecule has 0 saturated carbocycles. The molecule has 0 atom stereocenters. The van der Waals surface area contributed by atoms with Crippen LogP contribution in [0.1, 0.15) is 29.4 Å².